The summed E-state index contributed by atoms with van der Waals surface area (Å²) in [7, 11) is 1.95. The first-order chi connectivity index (χ1) is 9.08. The van der Waals surface area contributed by atoms with Crippen LogP contribution in [0.5, 0.6) is 0 Å². The van der Waals surface area contributed by atoms with E-state index >= 15 is 0 Å². The summed E-state index contributed by atoms with van der Waals surface area (Å²) >= 11 is 11.1. The fourth-order valence-corrected chi connectivity index (χ4v) is 2.07. The third-order valence-electron chi connectivity index (χ3n) is 2.79. The van der Waals surface area contributed by atoms with Crippen LogP contribution >= 0.6 is 23.8 Å². The molecule has 0 spiro atoms. The molecule has 0 saturated heterocycles. The molecule has 2 aromatic rings. The second-order valence-electron chi connectivity index (χ2n) is 4.21. The molecule has 1 aromatic heterocycles. The molecule has 1 heterocycles. The van der Waals surface area contributed by atoms with Gasteiger partial charge in [-0.25, -0.2) is 4.98 Å². The molecule has 0 aliphatic carbocycles. The van der Waals surface area contributed by atoms with Crippen molar-refractivity contribution in [1.29, 1.82) is 0 Å². The van der Waals surface area contributed by atoms with E-state index in [9.17, 15) is 0 Å². The maximum atomic E-state index is 6.15. The zero-order valence-electron chi connectivity index (χ0n) is 10.5. The average Bonchev–Trinajstić information content (AvgIpc) is 2.41. The number of benzene rings is 1. The van der Waals surface area contributed by atoms with Crippen molar-refractivity contribution in [3.8, 4) is 0 Å². The van der Waals surface area contributed by atoms with Crippen LogP contribution in [0.25, 0.3) is 0 Å². The van der Waals surface area contributed by atoms with Crippen LogP contribution in [0.3, 0.4) is 0 Å². The molecule has 98 valence electrons. The first-order valence-electron chi connectivity index (χ1n) is 5.78. The Morgan fingerprint density at radius 3 is 2.79 bits per heavy atom. The van der Waals surface area contributed by atoms with Gasteiger partial charge in [0.25, 0.3) is 0 Å². The van der Waals surface area contributed by atoms with Crippen molar-refractivity contribution in [2.24, 2.45) is 5.73 Å². The molecular formula is C14H14ClN3S. The largest absolute Gasteiger partial charge is 0.389 e. The minimum Gasteiger partial charge on any atom is -0.389 e. The van der Waals surface area contributed by atoms with Gasteiger partial charge in [-0.15, -0.1) is 0 Å². The number of nitrogens with two attached hydrogens (primary N) is 1. The van der Waals surface area contributed by atoms with Gasteiger partial charge in [-0.3, -0.25) is 0 Å². The van der Waals surface area contributed by atoms with E-state index in [1.54, 1.807) is 12.3 Å². The molecule has 0 atom stereocenters. The Bertz CT molecular complexity index is 601. The van der Waals surface area contributed by atoms with Crippen molar-refractivity contribution < 1.29 is 0 Å². The van der Waals surface area contributed by atoms with Crippen molar-refractivity contribution in [2.45, 2.75) is 6.54 Å². The van der Waals surface area contributed by atoms with Crippen molar-refractivity contribution in [3.63, 3.8) is 0 Å². The summed E-state index contributed by atoms with van der Waals surface area (Å²) in [6, 6.07) is 11.4. The van der Waals surface area contributed by atoms with E-state index in [-0.39, 0.29) is 0 Å². The van der Waals surface area contributed by atoms with Gasteiger partial charge < -0.3 is 10.6 Å². The highest BCUT2D eigenvalue weighted by atomic mass is 35.5. The summed E-state index contributed by atoms with van der Waals surface area (Å²) in [6.45, 7) is 0.674. The topological polar surface area (TPSA) is 42.1 Å². The molecule has 2 rings (SSSR count). The SMILES string of the molecule is CN(Cc1ccccc1Cl)c1cc(C(N)=S)ccn1. The molecule has 2 N–H and O–H groups in total. The number of halogens is 1. The normalized spacial score (nSPS) is 10.2. The first-order valence-corrected chi connectivity index (χ1v) is 6.57. The summed E-state index contributed by atoms with van der Waals surface area (Å²) in [5, 5.41) is 0.750. The van der Waals surface area contributed by atoms with Crippen LogP contribution in [0.15, 0.2) is 42.6 Å². The molecule has 1 aromatic carbocycles. The van der Waals surface area contributed by atoms with E-state index < -0.39 is 0 Å². The smallest absolute Gasteiger partial charge is 0.129 e. The zero-order chi connectivity index (χ0) is 13.8. The molecule has 3 nitrogen and oxygen atoms in total. The van der Waals surface area contributed by atoms with E-state index in [1.165, 1.54) is 0 Å². The number of aromatic nitrogens is 1. The van der Waals surface area contributed by atoms with Gasteiger partial charge in [-0.2, -0.15) is 0 Å². The summed E-state index contributed by atoms with van der Waals surface area (Å²) in [5.74, 6) is 0.810. The number of rotatable bonds is 4. The van der Waals surface area contributed by atoms with Gasteiger partial charge in [0.05, 0.1) is 0 Å². The number of anilines is 1. The summed E-state index contributed by atoms with van der Waals surface area (Å²) in [6.07, 6.45) is 1.70. The van der Waals surface area contributed by atoms with Crippen molar-refractivity contribution in [3.05, 3.63) is 58.7 Å². The lowest BCUT2D eigenvalue weighted by molar-refractivity contribution is 0.898. The second-order valence-corrected chi connectivity index (χ2v) is 5.06. The van der Waals surface area contributed by atoms with Gasteiger partial charge >= 0.3 is 0 Å². The van der Waals surface area contributed by atoms with Gasteiger partial charge in [-0.05, 0) is 23.8 Å². The lowest BCUT2D eigenvalue weighted by Crippen LogP contribution is -2.19. The van der Waals surface area contributed by atoms with Crippen LogP contribution in [0.4, 0.5) is 5.82 Å². The van der Waals surface area contributed by atoms with E-state index in [4.69, 9.17) is 29.6 Å². The fourth-order valence-electron chi connectivity index (χ4n) is 1.74. The lowest BCUT2D eigenvalue weighted by atomic mass is 10.2. The summed E-state index contributed by atoms with van der Waals surface area (Å²) in [4.78, 5) is 6.69. The molecular weight excluding hydrogens is 278 g/mol. The van der Waals surface area contributed by atoms with Crippen LogP contribution in [0, 0.1) is 0 Å². The fraction of sp³-hybridized carbons (Fsp3) is 0.143. The molecule has 0 amide bonds. The molecule has 19 heavy (non-hydrogen) atoms. The second kappa shape index (κ2) is 5.99. The Labute approximate surface area is 123 Å². The quantitative estimate of drug-likeness (QED) is 0.880. The number of pyridine rings is 1. The first kappa shape index (κ1) is 13.8. The average molecular weight is 292 g/mol. The van der Waals surface area contributed by atoms with Gasteiger partial charge in [-0.1, -0.05) is 42.0 Å². The minimum atomic E-state index is 0.370. The summed E-state index contributed by atoms with van der Waals surface area (Å²) < 4.78 is 0. The Morgan fingerprint density at radius 2 is 2.11 bits per heavy atom. The van der Waals surface area contributed by atoms with E-state index in [0.717, 1.165) is 22.0 Å². The Morgan fingerprint density at radius 1 is 1.37 bits per heavy atom. The van der Waals surface area contributed by atoms with Crippen molar-refractivity contribution in [1.82, 2.24) is 4.98 Å². The Balaban J connectivity index is 2.20. The predicted molar refractivity (Wildman–Crippen MR) is 83.7 cm³/mol. The Hall–Kier alpha value is -1.65. The third-order valence-corrected chi connectivity index (χ3v) is 3.39. The highest BCUT2D eigenvalue weighted by Crippen LogP contribution is 2.19. The van der Waals surface area contributed by atoms with Crippen LogP contribution in [0.2, 0.25) is 5.02 Å². The van der Waals surface area contributed by atoms with Gasteiger partial charge in [0.2, 0.25) is 0 Å². The van der Waals surface area contributed by atoms with Crippen LogP contribution < -0.4 is 10.6 Å². The monoisotopic (exact) mass is 291 g/mol. The predicted octanol–water partition coefficient (Wildman–Crippen LogP) is 3.01. The van der Waals surface area contributed by atoms with Crippen molar-refractivity contribution in [2.75, 3.05) is 11.9 Å². The summed E-state index contributed by atoms with van der Waals surface area (Å²) in [5.41, 5.74) is 7.48. The molecule has 0 aliphatic rings. The minimum absolute atomic E-state index is 0.370. The molecule has 0 aliphatic heterocycles. The van der Waals surface area contributed by atoms with Gasteiger partial charge in [0.15, 0.2) is 0 Å². The molecule has 0 radical (unpaired) electrons. The molecule has 5 heteroatoms. The van der Waals surface area contributed by atoms with E-state index in [0.29, 0.717) is 11.5 Å². The van der Waals surface area contributed by atoms with Crippen molar-refractivity contribution >= 4 is 34.6 Å². The number of hydrogen-bond acceptors (Lipinski definition) is 3. The van der Waals surface area contributed by atoms with Crippen LogP contribution in [0.1, 0.15) is 11.1 Å². The zero-order valence-corrected chi connectivity index (χ0v) is 12.1. The van der Waals surface area contributed by atoms with Crippen LogP contribution in [-0.2, 0) is 6.54 Å². The van der Waals surface area contributed by atoms with E-state index in [1.807, 2.05) is 42.3 Å². The number of nitrogens with zero attached hydrogens (tertiary/aromatic N) is 2. The van der Waals surface area contributed by atoms with Gasteiger partial charge in [0, 0.05) is 30.4 Å². The Kier molecular flexibility index (Phi) is 4.35. The maximum Gasteiger partial charge on any atom is 0.129 e. The molecule has 0 unspecified atom stereocenters. The highest BCUT2D eigenvalue weighted by molar-refractivity contribution is 7.80. The standard InChI is InChI=1S/C14H14ClN3S/c1-18(9-11-4-2-3-5-12(11)15)13-8-10(14(16)19)6-7-17-13/h2-8H,9H2,1H3,(H2,16,19). The maximum absolute atomic E-state index is 6.15. The molecule has 0 bridgehead atoms. The lowest BCUT2D eigenvalue weighted by Gasteiger charge is -2.19. The number of thiocarbonyl (C=S) groups is 1. The van der Waals surface area contributed by atoms with E-state index in [2.05, 4.69) is 4.98 Å². The highest BCUT2D eigenvalue weighted by Gasteiger charge is 2.07. The number of hydrogen-bond donors (Lipinski definition) is 1. The molecule has 0 fully saturated rings. The van der Waals surface area contributed by atoms with Crippen LogP contribution in [-0.4, -0.2) is 17.0 Å². The molecule has 0 saturated carbocycles. The third kappa shape index (κ3) is 3.43. The van der Waals surface area contributed by atoms with Gasteiger partial charge in [0.1, 0.15) is 10.8 Å².